The quantitative estimate of drug-likeness (QED) is 0.503. The lowest BCUT2D eigenvalue weighted by Crippen LogP contribution is -2.44. The second kappa shape index (κ2) is 2.83. The fraction of sp³-hybridized carbons (Fsp3) is 0.417. The highest BCUT2D eigenvalue weighted by Gasteiger charge is 2.52. The monoisotopic (exact) mass is 204 g/mol. The zero-order chi connectivity index (χ0) is 10.5. The highest BCUT2D eigenvalue weighted by Crippen LogP contribution is 2.51. The van der Waals surface area contributed by atoms with E-state index in [2.05, 4.69) is 12.2 Å². The van der Waals surface area contributed by atoms with Crippen LogP contribution >= 0.6 is 0 Å². The summed E-state index contributed by atoms with van der Waals surface area (Å²) in [6, 6.07) is 0. The molecular formula is C12H12O3. The van der Waals surface area contributed by atoms with E-state index >= 15 is 0 Å². The maximum Gasteiger partial charge on any atom is 0.174 e. The first-order chi connectivity index (χ1) is 7.31. The molecule has 0 aromatic heterocycles. The van der Waals surface area contributed by atoms with Gasteiger partial charge in [0.2, 0.25) is 0 Å². The maximum absolute atomic E-state index is 11.1. The van der Waals surface area contributed by atoms with Crippen LogP contribution in [0.15, 0.2) is 35.1 Å². The van der Waals surface area contributed by atoms with Gasteiger partial charge in [-0.25, -0.2) is 0 Å². The Morgan fingerprint density at radius 1 is 1.60 bits per heavy atom. The maximum atomic E-state index is 11.1. The van der Waals surface area contributed by atoms with Gasteiger partial charge in [0.05, 0.1) is 13.7 Å². The van der Waals surface area contributed by atoms with Crippen molar-refractivity contribution in [3.63, 3.8) is 0 Å². The van der Waals surface area contributed by atoms with Gasteiger partial charge in [0.25, 0.3) is 0 Å². The van der Waals surface area contributed by atoms with E-state index < -0.39 is 5.60 Å². The van der Waals surface area contributed by atoms with E-state index in [9.17, 15) is 4.79 Å². The van der Waals surface area contributed by atoms with Crippen LogP contribution in [-0.4, -0.2) is 25.6 Å². The smallest absolute Gasteiger partial charge is 0.174 e. The average molecular weight is 204 g/mol. The minimum atomic E-state index is -0.675. The molecule has 0 saturated carbocycles. The largest absolute Gasteiger partial charge is 0.498 e. The van der Waals surface area contributed by atoms with Crippen molar-refractivity contribution in [2.24, 2.45) is 5.92 Å². The summed E-state index contributed by atoms with van der Waals surface area (Å²) in [5, 5.41) is 0. The lowest BCUT2D eigenvalue weighted by molar-refractivity contribution is -0.107. The molecular weight excluding hydrogens is 192 g/mol. The summed E-state index contributed by atoms with van der Waals surface area (Å²) in [5.74, 6) is 1.06. The third-order valence-corrected chi connectivity index (χ3v) is 3.40. The molecule has 0 saturated heterocycles. The van der Waals surface area contributed by atoms with Gasteiger partial charge in [0.1, 0.15) is 12.0 Å². The van der Waals surface area contributed by atoms with Crippen LogP contribution in [0.25, 0.3) is 0 Å². The number of aldehydes is 1. The summed E-state index contributed by atoms with van der Waals surface area (Å²) in [6.07, 6.45) is 7.94. The number of ether oxygens (including phenoxy) is 2. The first-order valence-corrected chi connectivity index (χ1v) is 5.08. The Bertz CT molecular complexity index is 417. The number of carbonyl (C=O) groups is 1. The molecule has 0 amide bonds. The first kappa shape index (κ1) is 8.92. The summed E-state index contributed by atoms with van der Waals surface area (Å²) in [5.41, 5.74) is 1.20. The number of rotatable bonds is 2. The SMILES string of the molecule is COC1=CC2C=C(C=O)C13OCC=C3C2. The van der Waals surface area contributed by atoms with Crippen molar-refractivity contribution in [2.45, 2.75) is 12.0 Å². The number of hydrogen-bond acceptors (Lipinski definition) is 3. The van der Waals surface area contributed by atoms with Crippen molar-refractivity contribution in [1.29, 1.82) is 0 Å². The number of methoxy groups -OCH3 is 1. The number of allylic oxidation sites excluding steroid dienone is 2. The van der Waals surface area contributed by atoms with E-state index in [-0.39, 0.29) is 5.92 Å². The van der Waals surface area contributed by atoms with Gasteiger partial charge in [-0.1, -0.05) is 12.2 Å². The highest BCUT2D eigenvalue weighted by atomic mass is 16.5. The Morgan fingerprint density at radius 3 is 3.20 bits per heavy atom. The average Bonchev–Trinajstić information content (AvgIpc) is 2.71. The molecule has 0 radical (unpaired) electrons. The van der Waals surface area contributed by atoms with Crippen molar-refractivity contribution in [2.75, 3.05) is 13.7 Å². The molecule has 4 rings (SSSR count). The van der Waals surface area contributed by atoms with Gasteiger partial charge >= 0.3 is 0 Å². The normalized spacial score (nSPS) is 36.6. The van der Waals surface area contributed by atoms with Crippen LogP contribution in [0, 0.1) is 5.92 Å². The molecule has 3 heteroatoms. The molecule has 78 valence electrons. The third-order valence-electron chi connectivity index (χ3n) is 3.40. The Balaban J connectivity index is 2.21. The van der Waals surface area contributed by atoms with Crippen molar-refractivity contribution in [3.05, 3.63) is 35.1 Å². The summed E-state index contributed by atoms with van der Waals surface area (Å²) in [7, 11) is 1.63. The Kier molecular flexibility index (Phi) is 1.68. The Hall–Kier alpha value is -1.35. The number of carbonyl (C=O) groups excluding carboxylic acids is 1. The predicted octanol–water partition coefficient (Wildman–Crippen LogP) is 1.37. The predicted molar refractivity (Wildman–Crippen MR) is 54.1 cm³/mol. The molecule has 3 aliphatic carbocycles. The lowest BCUT2D eigenvalue weighted by atomic mass is 9.69. The molecule has 0 aromatic carbocycles. The standard InChI is InChI=1S/C12H12O3/c1-14-11-6-8-4-9-2-3-15-12(9,11)10(5-8)7-13/h2,5-8H,3-4H2,1H3. The Labute approximate surface area is 88.1 Å². The van der Waals surface area contributed by atoms with Crippen molar-refractivity contribution < 1.29 is 14.3 Å². The first-order valence-electron chi connectivity index (χ1n) is 5.08. The van der Waals surface area contributed by atoms with Gasteiger partial charge in [-0.2, -0.15) is 0 Å². The van der Waals surface area contributed by atoms with Gasteiger partial charge in [-0.05, 0) is 18.1 Å². The van der Waals surface area contributed by atoms with Gasteiger partial charge < -0.3 is 9.47 Å². The summed E-state index contributed by atoms with van der Waals surface area (Å²) in [6.45, 7) is 0.563. The van der Waals surface area contributed by atoms with E-state index in [0.717, 1.165) is 18.5 Å². The molecule has 15 heavy (non-hydrogen) atoms. The second-order valence-electron chi connectivity index (χ2n) is 4.06. The van der Waals surface area contributed by atoms with Crippen molar-refractivity contribution in [1.82, 2.24) is 0 Å². The van der Waals surface area contributed by atoms with E-state index in [1.165, 1.54) is 5.57 Å². The molecule has 1 aliphatic heterocycles. The minimum absolute atomic E-state index is 0.287. The summed E-state index contributed by atoms with van der Waals surface area (Å²) in [4.78, 5) is 11.1. The molecule has 2 atom stereocenters. The molecule has 2 unspecified atom stereocenters. The Morgan fingerprint density at radius 2 is 2.47 bits per heavy atom. The highest BCUT2D eigenvalue weighted by molar-refractivity contribution is 5.82. The van der Waals surface area contributed by atoms with Gasteiger partial charge in [-0.3, -0.25) is 4.79 Å². The van der Waals surface area contributed by atoms with Crippen LogP contribution < -0.4 is 0 Å². The summed E-state index contributed by atoms with van der Waals surface area (Å²) < 4.78 is 11.1. The van der Waals surface area contributed by atoms with Crippen LogP contribution in [0.3, 0.4) is 0 Å². The minimum Gasteiger partial charge on any atom is -0.498 e. The number of hydrogen-bond donors (Lipinski definition) is 0. The van der Waals surface area contributed by atoms with Crippen molar-refractivity contribution >= 4 is 6.29 Å². The van der Waals surface area contributed by atoms with E-state index in [0.29, 0.717) is 12.2 Å². The molecule has 3 nitrogen and oxygen atoms in total. The summed E-state index contributed by atoms with van der Waals surface area (Å²) >= 11 is 0. The second-order valence-corrected chi connectivity index (χ2v) is 4.06. The van der Waals surface area contributed by atoms with E-state index in [1.807, 2.05) is 6.08 Å². The zero-order valence-electron chi connectivity index (χ0n) is 8.53. The van der Waals surface area contributed by atoms with Gasteiger partial charge in [0.15, 0.2) is 5.60 Å². The van der Waals surface area contributed by atoms with Crippen LogP contribution in [0.2, 0.25) is 0 Å². The fourth-order valence-corrected chi connectivity index (χ4v) is 2.78. The van der Waals surface area contributed by atoms with Crippen molar-refractivity contribution in [3.8, 4) is 0 Å². The fourth-order valence-electron chi connectivity index (χ4n) is 2.78. The zero-order valence-corrected chi connectivity index (χ0v) is 8.53. The molecule has 0 fully saturated rings. The third kappa shape index (κ3) is 0.913. The van der Waals surface area contributed by atoms with E-state index in [1.54, 1.807) is 7.11 Å². The van der Waals surface area contributed by atoms with Gasteiger partial charge in [0, 0.05) is 11.5 Å². The lowest BCUT2D eigenvalue weighted by Gasteiger charge is -2.42. The van der Waals surface area contributed by atoms with Crippen LogP contribution in [0.5, 0.6) is 0 Å². The topological polar surface area (TPSA) is 35.5 Å². The van der Waals surface area contributed by atoms with Crippen LogP contribution in [0.4, 0.5) is 0 Å². The van der Waals surface area contributed by atoms with Crippen LogP contribution in [0.1, 0.15) is 6.42 Å². The molecule has 0 N–H and O–H groups in total. The molecule has 2 bridgehead atoms. The molecule has 1 heterocycles. The molecule has 1 spiro atoms. The van der Waals surface area contributed by atoms with Crippen LogP contribution in [-0.2, 0) is 14.3 Å². The molecule has 4 aliphatic rings. The van der Waals surface area contributed by atoms with Gasteiger partial charge in [-0.15, -0.1) is 0 Å². The van der Waals surface area contributed by atoms with E-state index in [4.69, 9.17) is 9.47 Å². The molecule has 0 aromatic rings.